The normalized spacial score (nSPS) is 10.0. The minimum atomic E-state index is -0.410. The summed E-state index contributed by atoms with van der Waals surface area (Å²) in [5, 5.41) is 8.58. The maximum Gasteiger partial charge on any atom is 0.323 e. The number of halogens is 1. The number of benzene rings is 2. The lowest BCUT2D eigenvalue weighted by Crippen LogP contribution is -2.23. The number of nitrogens with two attached hydrogens (primary N) is 1. The summed E-state index contributed by atoms with van der Waals surface area (Å²) in [5.41, 5.74) is 7.88. The van der Waals surface area contributed by atoms with Gasteiger partial charge in [0, 0.05) is 22.1 Å². The van der Waals surface area contributed by atoms with Crippen molar-refractivity contribution < 1.29 is 9.59 Å². The Balaban J connectivity index is 2.06. The van der Waals surface area contributed by atoms with Gasteiger partial charge in [0.15, 0.2) is 0 Å². The van der Waals surface area contributed by atoms with E-state index in [1.165, 1.54) is 0 Å². The van der Waals surface area contributed by atoms with Gasteiger partial charge in [-0.15, -0.1) is 0 Å². The molecule has 2 rings (SSSR count). The lowest BCUT2D eigenvalue weighted by Gasteiger charge is -2.12. The number of anilines is 3. The summed E-state index contributed by atoms with van der Waals surface area (Å²) in [7, 11) is 0. The zero-order valence-electron chi connectivity index (χ0n) is 12.5. The van der Waals surface area contributed by atoms with E-state index >= 15 is 0 Å². The smallest absolute Gasteiger partial charge is 0.323 e. The number of rotatable bonds is 4. The van der Waals surface area contributed by atoms with Gasteiger partial charge in [0.05, 0.1) is 6.54 Å². The summed E-state index contributed by atoms with van der Waals surface area (Å²) in [5.74, 6) is -0.298. The molecule has 0 saturated carbocycles. The highest BCUT2D eigenvalue weighted by atomic mass is 35.5. The molecule has 0 spiro atoms. The number of nitrogens with one attached hydrogen (secondary N) is 3. The summed E-state index contributed by atoms with van der Waals surface area (Å²) < 4.78 is 0. The maximum absolute atomic E-state index is 12.0. The Hall–Kier alpha value is -2.57. The molecule has 0 bridgehead atoms. The number of hydrogen-bond donors (Lipinski definition) is 4. The molecule has 0 aromatic heterocycles. The van der Waals surface area contributed by atoms with Gasteiger partial charge in [-0.3, -0.25) is 4.79 Å². The molecule has 2 aromatic rings. The molecule has 2 aromatic carbocycles. The topological polar surface area (TPSA) is 96.2 Å². The Labute approximate surface area is 139 Å². The Morgan fingerprint density at radius 3 is 2.39 bits per heavy atom. The van der Waals surface area contributed by atoms with Crippen LogP contribution in [0.2, 0.25) is 5.02 Å². The number of urea groups is 1. The first-order chi connectivity index (χ1) is 11.0. The molecule has 6 nitrogen and oxygen atoms in total. The second-order valence-electron chi connectivity index (χ2n) is 4.87. The Bertz CT molecular complexity index is 734. The van der Waals surface area contributed by atoms with Gasteiger partial charge in [0.2, 0.25) is 5.91 Å². The van der Waals surface area contributed by atoms with Crippen LogP contribution in [0.4, 0.5) is 21.9 Å². The number of carbonyl (C=O) groups excluding carboxylic acids is 2. The quantitative estimate of drug-likeness (QED) is 0.692. The van der Waals surface area contributed by atoms with E-state index in [0.29, 0.717) is 22.1 Å². The van der Waals surface area contributed by atoms with Gasteiger partial charge >= 0.3 is 6.03 Å². The first kappa shape index (κ1) is 16.8. The van der Waals surface area contributed by atoms with E-state index < -0.39 is 6.03 Å². The SMILES string of the molecule is Cc1ccc(NC(=O)Nc2cccc(Cl)c2)cc1NC(=O)CN. The molecule has 23 heavy (non-hydrogen) atoms. The highest BCUT2D eigenvalue weighted by Gasteiger charge is 2.07. The molecule has 0 unspecified atom stereocenters. The molecular formula is C16H17ClN4O2. The van der Waals surface area contributed by atoms with Crippen molar-refractivity contribution in [3.8, 4) is 0 Å². The van der Waals surface area contributed by atoms with E-state index in [-0.39, 0.29) is 12.5 Å². The number of amides is 3. The van der Waals surface area contributed by atoms with Crippen LogP contribution in [0.25, 0.3) is 0 Å². The minimum absolute atomic E-state index is 0.105. The Kier molecular flexibility index (Phi) is 5.56. The fraction of sp³-hybridized carbons (Fsp3) is 0.125. The van der Waals surface area contributed by atoms with Crippen molar-refractivity contribution in [3.63, 3.8) is 0 Å². The third-order valence-corrected chi connectivity index (χ3v) is 3.27. The van der Waals surface area contributed by atoms with Gasteiger partial charge in [-0.05, 0) is 42.8 Å². The third kappa shape index (κ3) is 4.98. The molecule has 0 saturated heterocycles. The highest BCUT2D eigenvalue weighted by molar-refractivity contribution is 6.30. The molecule has 5 N–H and O–H groups in total. The number of aryl methyl sites for hydroxylation is 1. The van der Waals surface area contributed by atoms with Crippen molar-refractivity contribution in [1.82, 2.24) is 0 Å². The van der Waals surface area contributed by atoms with Crippen LogP contribution in [-0.4, -0.2) is 18.5 Å². The van der Waals surface area contributed by atoms with Crippen molar-refractivity contribution >= 4 is 40.6 Å². The molecule has 0 fully saturated rings. The largest absolute Gasteiger partial charge is 0.325 e. The first-order valence-corrected chi connectivity index (χ1v) is 7.30. The summed E-state index contributed by atoms with van der Waals surface area (Å²) >= 11 is 5.87. The fourth-order valence-corrected chi connectivity index (χ4v) is 2.09. The summed E-state index contributed by atoms with van der Waals surface area (Å²) in [6.07, 6.45) is 0. The fourth-order valence-electron chi connectivity index (χ4n) is 1.90. The molecular weight excluding hydrogens is 316 g/mol. The monoisotopic (exact) mass is 332 g/mol. The van der Waals surface area contributed by atoms with E-state index in [2.05, 4.69) is 16.0 Å². The van der Waals surface area contributed by atoms with E-state index in [1.54, 1.807) is 42.5 Å². The van der Waals surface area contributed by atoms with Crippen LogP contribution in [0, 0.1) is 6.92 Å². The lowest BCUT2D eigenvalue weighted by atomic mass is 10.2. The summed E-state index contributed by atoms with van der Waals surface area (Å²) in [6.45, 7) is 1.74. The third-order valence-electron chi connectivity index (χ3n) is 3.04. The molecule has 0 heterocycles. The molecule has 0 aliphatic rings. The molecule has 0 atom stereocenters. The van der Waals surface area contributed by atoms with Gasteiger partial charge in [-0.2, -0.15) is 0 Å². The molecule has 0 radical (unpaired) electrons. The van der Waals surface area contributed by atoms with Crippen LogP contribution in [0.15, 0.2) is 42.5 Å². The van der Waals surface area contributed by atoms with Crippen molar-refractivity contribution in [2.75, 3.05) is 22.5 Å². The summed E-state index contributed by atoms with van der Waals surface area (Å²) in [6, 6.07) is 11.6. The second kappa shape index (κ2) is 7.62. The Morgan fingerprint density at radius 2 is 1.74 bits per heavy atom. The maximum atomic E-state index is 12.0. The van der Waals surface area contributed by atoms with Gasteiger partial charge in [-0.1, -0.05) is 23.7 Å². The van der Waals surface area contributed by atoms with Crippen molar-refractivity contribution in [2.45, 2.75) is 6.92 Å². The standard InChI is InChI=1S/C16H17ClN4O2/c1-10-5-6-13(8-14(10)21-15(22)9-18)20-16(23)19-12-4-2-3-11(17)7-12/h2-8H,9,18H2,1H3,(H,21,22)(H2,19,20,23). The van der Waals surface area contributed by atoms with Crippen LogP contribution in [0.3, 0.4) is 0 Å². The minimum Gasteiger partial charge on any atom is -0.325 e. The average molecular weight is 333 g/mol. The van der Waals surface area contributed by atoms with E-state index in [4.69, 9.17) is 17.3 Å². The predicted octanol–water partition coefficient (Wildman–Crippen LogP) is 3.19. The van der Waals surface area contributed by atoms with Crippen molar-refractivity contribution in [2.24, 2.45) is 5.73 Å². The van der Waals surface area contributed by atoms with Crippen LogP contribution >= 0.6 is 11.6 Å². The number of hydrogen-bond acceptors (Lipinski definition) is 3. The zero-order chi connectivity index (χ0) is 16.8. The van der Waals surface area contributed by atoms with Gasteiger partial charge in [0.1, 0.15) is 0 Å². The van der Waals surface area contributed by atoms with Crippen LogP contribution in [-0.2, 0) is 4.79 Å². The molecule has 0 aliphatic heterocycles. The van der Waals surface area contributed by atoms with Crippen molar-refractivity contribution in [1.29, 1.82) is 0 Å². The van der Waals surface area contributed by atoms with Crippen molar-refractivity contribution in [3.05, 3.63) is 53.1 Å². The zero-order valence-corrected chi connectivity index (χ0v) is 13.3. The average Bonchev–Trinajstić information content (AvgIpc) is 2.50. The number of carbonyl (C=O) groups is 2. The van der Waals surface area contributed by atoms with E-state index in [1.807, 2.05) is 6.92 Å². The van der Waals surface area contributed by atoms with Crippen LogP contribution in [0.1, 0.15) is 5.56 Å². The van der Waals surface area contributed by atoms with E-state index in [9.17, 15) is 9.59 Å². The molecule has 0 aliphatic carbocycles. The van der Waals surface area contributed by atoms with Crippen LogP contribution < -0.4 is 21.7 Å². The Morgan fingerprint density at radius 1 is 1.04 bits per heavy atom. The van der Waals surface area contributed by atoms with Crippen LogP contribution in [0.5, 0.6) is 0 Å². The molecule has 7 heteroatoms. The lowest BCUT2D eigenvalue weighted by molar-refractivity contribution is -0.114. The van der Waals surface area contributed by atoms with Gasteiger partial charge in [-0.25, -0.2) is 4.79 Å². The highest BCUT2D eigenvalue weighted by Crippen LogP contribution is 2.21. The predicted molar refractivity (Wildman–Crippen MR) is 93.0 cm³/mol. The van der Waals surface area contributed by atoms with Gasteiger partial charge < -0.3 is 21.7 Å². The second-order valence-corrected chi connectivity index (χ2v) is 5.31. The summed E-state index contributed by atoms with van der Waals surface area (Å²) in [4.78, 5) is 23.4. The molecule has 120 valence electrons. The molecule has 3 amide bonds. The first-order valence-electron chi connectivity index (χ1n) is 6.92. The van der Waals surface area contributed by atoms with Gasteiger partial charge in [0.25, 0.3) is 0 Å². The van der Waals surface area contributed by atoms with E-state index in [0.717, 1.165) is 5.56 Å².